The van der Waals surface area contributed by atoms with E-state index in [2.05, 4.69) is 16.1 Å². The Bertz CT molecular complexity index is 141. The van der Waals surface area contributed by atoms with Gasteiger partial charge in [0.15, 0.2) is 0 Å². The van der Waals surface area contributed by atoms with E-state index < -0.39 is 0 Å². The summed E-state index contributed by atoms with van der Waals surface area (Å²) in [5, 5.41) is 8.86. The molecule has 7 heavy (non-hydrogen) atoms. The van der Waals surface area contributed by atoms with Crippen molar-refractivity contribution in [1.29, 1.82) is 0 Å². The van der Waals surface area contributed by atoms with E-state index >= 15 is 0 Å². The van der Waals surface area contributed by atoms with Crippen molar-refractivity contribution in [1.82, 2.24) is 5.12 Å². The standard InChI is InChI=1S/C4H5N3/c1-7-5-3-2-4-6-7/h2-3H,1H3. The zero-order valence-corrected chi connectivity index (χ0v) is 4.00. The molecule has 0 amide bonds. The topological polar surface area (TPSA) is 28.0 Å². The maximum atomic E-state index is 3.75. The molecule has 0 aromatic carbocycles. The van der Waals surface area contributed by atoms with Gasteiger partial charge in [0.05, 0.1) is 13.3 Å². The Morgan fingerprint density at radius 2 is 2.57 bits per heavy atom. The van der Waals surface area contributed by atoms with E-state index in [9.17, 15) is 0 Å². The van der Waals surface area contributed by atoms with Gasteiger partial charge in [-0.05, 0) is 0 Å². The zero-order valence-electron chi connectivity index (χ0n) is 4.00. The van der Waals surface area contributed by atoms with Crippen LogP contribution in [0.2, 0.25) is 0 Å². The highest BCUT2D eigenvalue weighted by Gasteiger charge is 1.81. The van der Waals surface area contributed by atoms with Crippen LogP contribution in [-0.2, 0) is 0 Å². The van der Waals surface area contributed by atoms with Crippen molar-refractivity contribution in [2.24, 2.45) is 10.2 Å². The van der Waals surface area contributed by atoms with Crippen molar-refractivity contribution in [3.8, 4) is 0 Å². The molecule has 3 heteroatoms. The van der Waals surface area contributed by atoms with E-state index in [1.165, 1.54) is 5.12 Å². The molecule has 0 aromatic heterocycles. The maximum absolute atomic E-state index is 3.75. The van der Waals surface area contributed by atoms with Crippen molar-refractivity contribution >= 4 is 12.1 Å². The van der Waals surface area contributed by atoms with Gasteiger partial charge in [-0.3, -0.25) is 0 Å². The smallest absolute Gasteiger partial charge is 0.0585 e. The minimum atomic E-state index is 1.44. The van der Waals surface area contributed by atoms with E-state index in [0.29, 0.717) is 0 Å². The third-order valence-electron chi connectivity index (χ3n) is 0.585. The zero-order chi connectivity index (χ0) is 5.11. The van der Waals surface area contributed by atoms with Crippen molar-refractivity contribution < 1.29 is 0 Å². The van der Waals surface area contributed by atoms with Crippen LogP contribution in [0, 0.1) is 0 Å². The van der Waals surface area contributed by atoms with E-state index in [1.54, 1.807) is 19.3 Å². The van der Waals surface area contributed by atoms with Gasteiger partial charge in [-0.25, -0.2) is 0 Å². The largest absolute Gasteiger partial charge is 0.180 e. The van der Waals surface area contributed by atoms with E-state index in [4.69, 9.17) is 0 Å². The first-order valence-electron chi connectivity index (χ1n) is 1.95. The first-order valence-corrected chi connectivity index (χ1v) is 1.95. The lowest BCUT2D eigenvalue weighted by Gasteiger charge is -2.01. The highest BCUT2D eigenvalue weighted by atomic mass is 15.6. The molecule has 1 aliphatic heterocycles. The summed E-state index contributed by atoms with van der Waals surface area (Å²) in [6.07, 6.45) is 3.28. The normalized spacial score (nSPS) is 15.9. The van der Waals surface area contributed by atoms with E-state index in [0.717, 1.165) is 0 Å². The van der Waals surface area contributed by atoms with Gasteiger partial charge in [0.2, 0.25) is 0 Å². The fraction of sp³-hybridized carbons (Fsp3) is 0.250. The monoisotopic (exact) mass is 95.0 g/mol. The van der Waals surface area contributed by atoms with Gasteiger partial charge in [-0.1, -0.05) is 0 Å². The van der Waals surface area contributed by atoms with Crippen LogP contribution in [0.1, 0.15) is 0 Å². The fourth-order valence-corrected chi connectivity index (χ4v) is 0.306. The molecule has 0 saturated carbocycles. The van der Waals surface area contributed by atoms with E-state index in [1.807, 2.05) is 0 Å². The second kappa shape index (κ2) is 1.58. The van der Waals surface area contributed by atoms with Crippen LogP contribution in [0.3, 0.4) is 0 Å². The summed E-state index contributed by atoms with van der Waals surface area (Å²) in [5.41, 5.74) is 0. The molecular weight excluding hydrogens is 90.1 g/mol. The fourth-order valence-electron chi connectivity index (χ4n) is 0.306. The molecule has 3 nitrogen and oxygen atoms in total. The molecule has 0 bridgehead atoms. The number of allylic oxidation sites excluding steroid dienone is 1. The van der Waals surface area contributed by atoms with Gasteiger partial charge in [0.1, 0.15) is 0 Å². The van der Waals surface area contributed by atoms with Crippen LogP contribution in [0.5, 0.6) is 0 Å². The Morgan fingerprint density at radius 1 is 1.71 bits per heavy atom. The lowest BCUT2D eigenvalue weighted by Crippen LogP contribution is -2.02. The Labute approximate surface area is 41.6 Å². The first-order chi connectivity index (χ1) is 3.39. The van der Waals surface area contributed by atoms with Gasteiger partial charge in [-0.15, -0.1) is 5.10 Å². The summed E-state index contributed by atoms with van der Waals surface area (Å²) in [4.78, 5) is 0. The summed E-state index contributed by atoms with van der Waals surface area (Å²) in [5.74, 6) is 2.61. The van der Waals surface area contributed by atoms with Gasteiger partial charge >= 0.3 is 0 Å². The van der Waals surface area contributed by atoms with Crippen molar-refractivity contribution in [3.05, 3.63) is 6.08 Å². The quantitative estimate of drug-likeness (QED) is 0.418. The Kier molecular flexibility index (Phi) is 0.922. The maximum Gasteiger partial charge on any atom is 0.0585 e. The summed E-state index contributed by atoms with van der Waals surface area (Å²) < 4.78 is 0. The second-order valence-electron chi connectivity index (χ2n) is 1.15. The Morgan fingerprint density at radius 3 is 2.86 bits per heavy atom. The molecule has 0 aliphatic carbocycles. The average molecular weight is 95.1 g/mol. The predicted octanol–water partition coefficient (Wildman–Crippen LogP) is 0.0585. The molecular formula is C4H5N3. The SMILES string of the molecule is CN1N=C=CC=N1. The third kappa shape index (κ3) is 0.876. The van der Waals surface area contributed by atoms with E-state index in [-0.39, 0.29) is 0 Å². The van der Waals surface area contributed by atoms with Crippen molar-refractivity contribution in [3.63, 3.8) is 0 Å². The van der Waals surface area contributed by atoms with Crippen LogP contribution in [0.4, 0.5) is 0 Å². The van der Waals surface area contributed by atoms with Crippen LogP contribution < -0.4 is 0 Å². The number of rotatable bonds is 0. The van der Waals surface area contributed by atoms with Crippen LogP contribution >= 0.6 is 0 Å². The average Bonchev–Trinajstić information content (AvgIpc) is 1.69. The highest BCUT2D eigenvalue weighted by Crippen LogP contribution is 1.82. The van der Waals surface area contributed by atoms with Crippen LogP contribution in [0.15, 0.2) is 16.3 Å². The second-order valence-corrected chi connectivity index (χ2v) is 1.15. The molecule has 0 spiro atoms. The molecule has 0 saturated heterocycles. The number of hydrazone groups is 2. The number of nitrogens with zero attached hydrogens (tertiary/aromatic N) is 3. The third-order valence-corrected chi connectivity index (χ3v) is 0.585. The summed E-state index contributed by atoms with van der Waals surface area (Å²) in [6.45, 7) is 0. The summed E-state index contributed by atoms with van der Waals surface area (Å²) >= 11 is 0. The molecule has 0 unspecified atom stereocenters. The minimum Gasteiger partial charge on any atom is -0.180 e. The molecule has 0 N–H and O–H groups in total. The lowest BCUT2D eigenvalue weighted by atomic mass is 10.7. The Balaban J connectivity index is 2.77. The predicted molar refractivity (Wildman–Crippen MR) is 28.3 cm³/mol. The highest BCUT2D eigenvalue weighted by molar-refractivity contribution is 5.83. The Hall–Kier alpha value is -1.08. The number of hydrogen-bond donors (Lipinski definition) is 0. The summed E-state index contributed by atoms with van der Waals surface area (Å²) in [6, 6.07) is 0. The molecule has 0 aromatic rings. The van der Waals surface area contributed by atoms with Crippen molar-refractivity contribution in [2.75, 3.05) is 7.05 Å². The first kappa shape index (κ1) is 4.09. The molecule has 1 aliphatic rings. The molecule has 36 valence electrons. The van der Waals surface area contributed by atoms with Gasteiger partial charge in [0, 0.05) is 11.9 Å². The molecule has 1 rings (SSSR count). The lowest BCUT2D eigenvalue weighted by molar-refractivity contribution is 0.381. The molecule has 0 radical (unpaired) electrons. The van der Waals surface area contributed by atoms with Gasteiger partial charge in [-0.2, -0.15) is 10.2 Å². The van der Waals surface area contributed by atoms with Gasteiger partial charge < -0.3 is 0 Å². The molecule has 0 fully saturated rings. The summed E-state index contributed by atoms with van der Waals surface area (Å²) in [7, 11) is 1.75. The van der Waals surface area contributed by atoms with Crippen LogP contribution in [0.25, 0.3) is 0 Å². The number of hydrogen-bond acceptors (Lipinski definition) is 3. The van der Waals surface area contributed by atoms with Gasteiger partial charge in [0.25, 0.3) is 0 Å². The minimum absolute atomic E-state index is 1.44. The molecule has 1 heterocycles. The molecule has 0 atom stereocenters. The van der Waals surface area contributed by atoms with Crippen molar-refractivity contribution in [2.45, 2.75) is 0 Å². The van der Waals surface area contributed by atoms with Crippen LogP contribution in [-0.4, -0.2) is 24.2 Å².